The molecule has 1 aliphatic heterocycles. The molecule has 3 rings (SSSR count). The minimum absolute atomic E-state index is 0.0893. The SMILES string of the molecule is CSNC(=O)c1cc(Cl)c(O[C@@H]2CCCN(c3ccc(OC(F)(F)F)c(Cl)c3)C2)cc1F. The Balaban J connectivity index is 1.71. The average molecular weight is 513 g/mol. The van der Waals surface area contributed by atoms with E-state index in [1.165, 1.54) is 18.2 Å². The van der Waals surface area contributed by atoms with Crippen LogP contribution in [0.15, 0.2) is 30.3 Å². The summed E-state index contributed by atoms with van der Waals surface area (Å²) in [6.07, 6.45) is -2.19. The molecule has 0 unspecified atom stereocenters. The van der Waals surface area contributed by atoms with Crippen LogP contribution in [0.4, 0.5) is 23.2 Å². The molecule has 1 atom stereocenters. The Morgan fingerprint density at radius 1 is 1.19 bits per heavy atom. The largest absolute Gasteiger partial charge is 0.573 e. The number of alkyl halides is 3. The Labute approximate surface area is 196 Å². The lowest BCUT2D eigenvalue weighted by Crippen LogP contribution is -2.41. The molecule has 2 aromatic rings. The van der Waals surface area contributed by atoms with Crippen molar-refractivity contribution in [3.8, 4) is 11.5 Å². The van der Waals surface area contributed by atoms with Gasteiger partial charge in [-0.15, -0.1) is 13.2 Å². The van der Waals surface area contributed by atoms with E-state index in [0.717, 1.165) is 30.5 Å². The first-order valence-electron chi connectivity index (χ1n) is 9.36. The smallest absolute Gasteiger partial charge is 0.487 e. The summed E-state index contributed by atoms with van der Waals surface area (Å²) in [5, 5.41) is -0.0847. The van der Waals surface area contributed by atoms with Crippen molar-refractivity contribution in [1.29, 1.82) is 0 Å². The summed E-state index contributed by atoms with van der Waals surface area (Å²) in [6, 6.07) is 6.28. The van der Waals surface area contributed by atoms with Gasteiger partial charge in [-0.3, -0.25) is 9.52 Å². The Kier molecular flexibility index (Phi) is 7.89. The number of amides is 1. The average Bonchev–Trinajstić information content (AvgIpc) is 2.71. The quantitative estimate of drug-likeness (QED) is 0.375. The van der Waals surface area contributed by atoms with E-state index >= 15 is 0 Å². The van der Waals surface area contributed by atoms with Crippen LogP contribution in [0, 0.1) is 5.82 Å². The molecule has 0 radical (unpaired) electrons. The van der Waals surface area contributed by atoms with Crippen LogP contribution >= 0.6 is 35.1 Å². The minimum atomic E-state index is -4.84. The van der Waals surface area contributed by atoms with E-state index in [4.69, 9.17) is 27.9 Å². The molecule has 12 heteroatoms. The summed E-state index contributed by atoms with van der Waals surface area (Å²) in [6.45, 7) is 1.01. The van der Waals surface area contributed by atoms with Crippen LogP contribution in [0.25, 0.3) is 0 Å². The number of halogens is 6. The number of hydrogen-bond donors (Lipinski definition) is 1. The van der Waals surface area contributed by atoms with E-state index in [-0.39, 0.29) is 27.5 Å². The van der Waals surface area contributed by atoms with E-state index in [9.17, 15) is 22.4 Å². The predicted molar refractivity (Wildman–Crippen MR) is 116 cm³/mol. The van der Waals surface area contributed by atoms with E-state index in [1.54, 1.807) is 6.26 Å². The summed E-state index contributed by atoms with van der Waals surface area (Å²) in [7, 11) is 0. The second-order valence-electron chi connectivity index (χ2n) is 6.89. The molecule has 1 N–H and O–H groups in total. The first-order valence-corrected chi connectivity index (χ1v) is 11.3. The molecule has 1 saturated heterocycles. The van der Waals surface area contributed by atoms with E-state index in [1.807, 2.05) is 4.90 Å². The van der Waals surface area contributed by atoms with Crippen molar-refractivity contribution < 1.29 is 31.8 Å². The second-order valence-corrected chi connectivity index (χ2v) is 8.32. The molecular formula is C20H18Cl2F4N2O3S. The third kappa shape index (κ3) is 6.26. The van der Waals surface area contributed by atoms with Crippen molar-refractivity contribution in [3.05, 3.63) is 51.8 Å². The van der Waals surface area contributed by atoms with E-state index < -0.39 is 23.8 Å². The zero-order chi connectivity index (χ0) is 23.5. The fourth-order valence-corrected chi connectivity index (χ4v) is 4.00. The highest BCUT2D eigenvalue weighted by molar-refractivity contribution is 7.97. The predicted octanol–water partition coefficient (Wildman–Crippen LogP) is 6.09. The molecule has 0 saturated carbocycles. The van der Waals surface area contributed by atoms with Crippen LogP contribution in [0.1, 0.15) is 23.2 Å². The molecule has 1 fully saturated rings. The molecule has 1 heterocycles. The number of piperidine rings is 1. The molecule has 0 aliphatic carbocycles. The summed E-state index contributed by atoms with van der Waals surface area (Å²) < 4.78 is 63.9. The third-order valence-corrected chi connectivity index (χ3v) is 5.62. The molecule has 1 aliphatic rings. The maximum absolute atomic E-state index is 14.4. The summed E-state index contributed by atoms with van der Waals surface area (Å²) in [5.74, 6) is -1.76. The standard InChI is InChI=1S/C20H18Cl2F4N2O3S/c1-32-27-19(29)13-8-15(22)18(9-16(13)23)30-12-3-2-6-28(10-12)11-4-5-17(14(21)7-11)31-20(24,25)26/h4-5,7-9,12H,2-3,6,10H2,1H3,(H,27,29)/t12-/m1/s1. The Morgan fingerprint density at radius 3 is 2.56 bits per heavy atom. The zero-order valence-corrected chi connectivity index (χ0v) is 19.0. The van der Waals surface area contributed by atoms with Gasteiger partial charge in [0.25, 0.3) is 5.91 Å². The minimum Gasteiger partial charge on any atom is -0.487 e. The van der Waals surface area contributed by atoms with Gasteiger partial charge in [0.2, 0.25) is 0 Å². The number of hydrogen-bond acceptors (Lipinski definition) is 5. The fraction of sp³-hybridized carbons (Fsp3) is 0.350. The number of nitrogens with zero attached hydrogens (tertiary/aromatic N) is 1. The summed E-state index contributed by atoms with van der Waals surface area (Å²) >= 11 is 13.2. The van der Waals surface area contributed by atoms with Crippen molar-refractivity contribution in [2.45, 2.75) is 25.3 Å². The van der Waals surface area contributed by atoms with Gasteiger partial charge in [0.1, 0.15) is 23.4 Å². The van der Waals surface area contributed by atoms with Gasteiger partial charge in [0.05, 0.1) is 22.2 Å². The first-order chi connectivity index (χ1) is 15.1. The first kappa shape index (κ1) is 24.6. The molecule has 0 aromatic heterocycles. The number of carbonyl (C=O) groups is 1. The lowest BCUT2D eigenvalue weighted by molar-refractivity contribution is -0.274. The Bertz CT molecular complexity index is 994. The lowest BCUT2D eigenvalue weighted by Gasteiger charge is -2.34. The van der Waals surface area contributed by atoms with Gasteiger partial charge in [-0.1, -0.05) is 35.1 Å². The number of anilines is 1. The number of rotatable bonds is 6. The van der Waals surface area contributed by atoms with Crippen LogP contribution in [-0.4, -0.2) is 37.7 Å². The van der Waals surface area contributed by atoms with Crippen LogP contribution in [0.5, 0.6) is 11.5 Å². The van der Waals surface area contributed by atoms with Crippen molar-refractivity contribution >= 4 is 46.7 Å². The maximum Gasteiger partial charge on any atom is 0.573 e. The van der Waals surface area contributed by atoms with Crippen molar-refractivity contribution in [3.63, 3.8) is 0 Å². The Hall–Kier alpha value is -2.04. The normalized spacial score (nSPS) is 16.6. The van der Waals surface area contributed by atoms with Crippen LogP contribution in [0.3, 0.4) is 0 Å². The van der Waals surface area contributed by atoms with Gasteiger partial charge >= 0.3 is 6.36 Å². The molecule has 0 spiro atoms. The van der Waals surface area contributed by atoms with Gasteiger partial charge in [0.15, 0.2) is 0 Å². The van der Waals surface area contributed by atoms with Gasteiger partial charge < -0.3 is 14.4 Å². The number of ether oxygens (including phenoxy) is 2. The van der Waals surface area contributed by atoms with Gasteiger partial charge in [-0.2, -0.15) is 0 Å². The molecular weight excluding hydrogens is 495 g/mol. The fourth-order valence-electron chi connectivity index (χ4n) is 3.28. The second kappa shape index (κ2) is 10.3. The maximum atomic E-state index is 14.4. The van der Waals surface area contributed by atoms with Crippen LogP contribution in [0.2, 0.25) is 10.0 Å². The zero-order valence-electron chi connectivity index (χ0n) is 16.6. The summed E-state index contributed by atoms with van der Waals surface area (Å²) in [4.78, 5) is 13.8. The van der Waals surface area contributed by atoms with E-state index in [0.29, 0.717) is 25.2 Å². The van der Waals surface area contributed by atoms with Gasteiger partial charge in [-0.05, 0) is 37.1 Å². The number of benzene rings is 2. The van der Waals surface area contributed by atoms with Gasteiger partial charge in [0, 0.05) is 24.6 Å². The number of nitrogens with one attached hydrogen (secondary N) is 1. The summed E-state index contributed by atoms with van der Waals surface area (Å²) in [5.41, 5.74) is 0.400. The number of carbonyl (C=O) groups excluding carboxylic acids is 1. The highest BCUT2D eigenvalue weighted by atomic mass is 35.5. The van der Waals surface area contributed by atoms with Gasteiger partial charge in [-0.25, -0.2) is 4.39 Å². The molecule has 174 valence electrons. The topological polar surface area (TPSA) is 50.8 Å². The lowest BCUT2D eigenvalue weighted by atomic mass is 10.1. The molecule has 5 nitrogen and oxygen atoms in total. The van der Waals surface area contributed by atoms with Crippen molar-refractivity contribution in [2.75, 3.05) is 24.2 Å². The molecule has 1 amide bonds. The highest BCUT2D eigenvalue weighted by Gasteiger charge is 2.32. The molecule has 0 bridgehead atoms. The van der Waals surface area contributed by atoms with Crippen LogP contribution < -0.4 is 19.1 Å². The van der Waals surface area contributed by atoms with Crippen molar-refractivity contribution in [2.24, 2.45) is 0 Å². The molecule has 32 heavy (non-hydrogen) atoms. The van der Waals surface area contributed by atoms with Crippen molar-refractivity contribution in [1.82, 2.24) is 4.72 Å². The monoisotopic (exact) mass is 512 g/mol. The third-order valence-electron chi connectivity index (χ3n) is 4.64. The Morgan fingerprint density at radius 2 is 1.91 bits per heavy atom. The van der Waals surface area contributed by atoms with E-state index in [2.05, 4.69) is 9.46 Å². The van der Waals surface area contributed by atoms with Crippen LogP contribution in [-0.2, 0) is 0 Å². The molecule has 2 aromatic carbocycles. The highest BCUT2D eigenvalue weighted by Crippen LogP contribution is 2.35.